The molecule has 0 spiro atoms. The number of hydrogen-bond donors (Lipinski definition) is 0. The van der Waals surface area contributed by atoms with Crippen LogP contribution in [0.25, 0.3) is 0 Å². The van der Waals surface area contributed by atoms with E-state index in [4.69, 9.17) is 19.2 Å². The maximum atomic E-state index is 8.12. The van der Waals surface area contributed by atoms with Gasteiger partial charge >= 0.3 is 0 Å². The highest BCUT2D eigenvalue weighted by Gasteiger charge is 2.17. The zero-order valence-electron chi connectivity index (χ0n) is 20.7. The minimum Gasteiger partial charge on any atom is -0.341 e. The molecule has 0 radical (unpaired) electrons. The first-order valence-electron chi connectivity index (χ1n) is 10.5. The zero-order chi connectivity index (χ0) is 22.3. The van der Waals surface area contributed by atoms with Gasteiger partial charge in [-0.05, 0) is 34.6 Å². The highest BCUT2D eigenvalue weighted by molar-refractivity contribution is 9.10. The van der Waals surface area contributed by atoms with Gasteiger partial charge < -0.3 is 4.90 Å². The lowest BCUT2D eigenvalue weighted by molar-refractivity contribution is 0.434. The number of halogens is 1. The molecule has 1 saturated heterocycles. The number of aromatic nitrogens is 2. The molecule has 0 aliphatic carbocycles. The van der Waals surface area contributed by atoms with E-state index in [9.17, 15) is 0 Å². The third kappa shape index (κ3) is 2.23. The minimum absolute atomic E-state index is 0.180. The maximum absolute atomic E-state index is 8.12. The van der Waals surface area contributed by atoms with E-state index in [2.05, 4.69) is 25.9 Å². The lowest BCUT2D eigenvalue weighted by Crippen LogP contribution is -2.33. The predicted octanol–water partition coefficient (Wildman–Crippen LogP) is 2.48. The van der Waals surface area contributed by atoms with E-state index in [1.807, 2.05) is 0 Å². The van der Waals surface area contributed by atoms with Crippen molar-refractivity contribution in [3.8, 4) is 0 Å². The summed E-state index contributed by atoms with van der Waals surface area (Å²) in [6, 6.07) is 0. The van der Waals surface area contributed by atoms with Gasteiger partial charge in [0.2, 0.25) is 5.95 Å². The Kier molecular flexibility index (Phi) is 0.771. The number of nitrogens with zero attached hydrogens (tertiary/aromatic N) is 3. The summed E-state index contributed by atoms with van der Waals surface area (Å²) >= 11 is 2.82. The van der Waals surface area contributed by atoms with E-state index in [1.165, 1.54) is 0 Å². The Bertz CT molecular complexity index is 754. The van der Waals surface area contributed by atoms with E-state index in [-0.39, 0.29) is 9.37 Å². The van der Waals surface area contributed by atoms with Crippen LogP contribution in [0.1, 0.15) is 38.8 Å². The first-order chi connectivity index (χ1) is 12.2. The Balaban J connectivity index is 2.93. The first-order valence-corrected chi connectivity index (χ1v) is 4.30. The third-order valence-corrected chi connectivity index (χ3v) is 1.65. The summed E-state index contributed by atoms with van der Waals surface area (Å²) in [4.78, 5) is 6.80. The second-order valence-corrected chi connectivity index (χ2v) is 3.04. The molecule has 2 rings (SSSR count). The first kappa shape index (κ1) is 2.54. The SMILES string of the molecule is [2H]c1nc(N2C([2H])([2H])C([2H])([2H])C([2H])(C([2H])([2H])[2H])C([2H])([2H])C2([2H])[2H])nc([2H])c1Br. The number of rotatable bonds is 1. The molecule has 0 unspecified atom stereocenters. The normalized spacial score (nSPS) is 50.8. The van der Waals surface area contributed by atoms with Crippen molar-refractivity contribution in [1.29, 1.82) is 0 Å². The fraction of sp³-hybridized carbons (Fsp3) is 0.600. The van der Waals surface area contributed by atoms with Crippen molar-refractivity contribution >= 4 is 21.9 Å². The van der Waals surface area contributed by atoms with Crippen LogP contribution in [0.3, 0.4) is 0 Å². The average Bonchev–Trinajstić information content (AvgIpc) is 2.48. The molecule has 14 heavy (non-hydrogen) atoms. The molecule has 2 heterocycles. The lowest BCUT2D eigenvalue weighted by Gasteiger charge is -2.30. The summed E-state index contributed by atoms with van der Waals surface area (Å²) in [5, 5.41) is 0. The molecule has 1 fully saturated rings. The van der Waals surface area contributed by atoms with E-state index in [0.29, 0.717) is 0 Å². The molecule has 4 heteroatoms. The van der Waals surface area contributed by atoms with Crippen molar-refractivity contribution in [1.82, 2.24) is 9.97 Å². The van der Waals surface area contributed by atoms with Crippen molar-refractivity contribution in [2.24, 2.45) is 5.89 Å². The molecule has 0 N–H and O–H groups in total. The molecular formula is C10H14BrN3. The smallest absolute Gasteiger partial charge is 0.225 e. The lowest BCUT2D eigenvalue weighted by atomic mass is 10.00. The second kappa shape index (κ2) is 4.26. The van der Waals surface area contributed by atoms with Gasteiger partial charge in [0.05, 0.1) is 7.21 Å². The summed E-state index contributed by atoms with van der Waals surface area (Å²) in [6.07, 6.45) is -8.97. The van der Waals surface area contributed by atoms with Crippen molar-refractivity contribution in [3.63, 3.8) is 0 Å². The van der Waals surface area contributed by atoms with E-state index in [0.717, 1.165) is 0 Å². The van der Waals surface area contributed by atoms with Crippen molar-refractivity contribution < 1.29 is 19.2 Å². The molecule has 1 aliphatic heterocycles. The molecule has 1 aromatic heterocycles. The number of anilines is 1. The van der Waals surface area contributed by atoms with Gasteiger partial charge in [0, 0.05) is 41.8 Å². The van der Waals surface area contributed by atoms with Gasteiger partial charge in [-0.1, -0.05) is 6.85 Å². The average molecular weight is 270 g/mol. The Labute approximate surface area is 112 Å². The van der Waals surface area contributed by atoms with Crippen LogP contribution in [0.2, 0.25) is 0 Å². The van der Waals surface area contributed by atoms with Crippen LogP contribution < -0.4 is 4.90 Å². The van der Waals surface area contributed by atoms with Crippen molar-refractivity contribution in [2.75, 3.05) is 17.9 Å². The molecular weight excluding hydrogens is 242 g/mol. The maximum Gasteiger partial charge on any atom is 0.225 e. The second-order valence-electron chi connectivity index (χ2n) is 2.25. The van der Waals surface area contributed by atoms with Gasteiger partial charge in [0.15, 0.2) is 0 Å². The van der Waals surface area contributed by atoms with Gasteiger partial charge in [-0.15, -0.1) is 0 Å². The molecule has 76 valence electrons. The number of piperidine rings is 1. The Morgan fingerprint density at radius 2 is 2.29 bits per heavy atom. The summed E-state index contributed by atoms with van der Waals surface area (Å²) < 4.78 is 110. The highest BCUT2D eigenvalue weighted by atomic mass is 79.9. The van der Waals surface area contributed by atoms with Crippen LogP contribution in [0.4, 0.5) is 5.95 Å². The van der Waals surface area contributed by atoms with Crippen LogP contribution in [-0.2, 0) is 0 Å². The molecule has 1 aromatic rings. The Morgan fingerprint density at radius 1 is 1.64 bits per heavy atom. The Morgan fingerprint density at radius 3 is 2.86 bits per heavy atom. The molecule has 0 atom stereocenters. The van der Waals surface area contributed by atoms with E-state index >= 15 is 0 Å². The van der Waals surface area contributed by atoms with Gasteiger partial charge in [0.1, 0.15) is 0 Å². The van der Waals surface area contributed by atoms with Crippen molar-refractivity contribution in [3.05, 3.63) is 16.8 Å². The largest absolute Gasteiger partial charge is 0.341 e. The predicted molar refractivity (Wildman–Crippen MR) is 60.3 cm³/mol. The summed E-state index contributed by atoms with van der Waals surface area (Å²) in [6.45, 7) is -11.1. The van der Waals surface area contributed by atoms with Gasteiger partial charge in [-0.25, -0.2) is 9.97 Å². The van der Waals surface area contributed by atoms with Crippen LogP contribution in [-0.4, -0.2) is 23.0 Å². The molecule has 1 aliphatic rings. The topological polar surface area (TPSA) is 29.0 Å². The van der Waals surface area contributed by atoms with Crippen LogP contribution in [0.15, 0.2) is 16.8 Å². The minimum atomic E-state index is -3.86. The van der Waals surface area contributed by atoms with Crippen molar-refractivity contribution in [2.45, 2.75) is 19.6 Å². The summed E-state index contributed by atoms with van der Waals surface area (Å²) in [5.74, 6) is -4.90. The molecule has 3 nitrogen and oxygen atoms in total. The Hall–Kier alpha value is -0.640. The van der Waals surface area contributed by atoms with Crippen LogP contribution in [0.5, 0.6) is 0 Å². The van der Waals surface area contributed by atoms with Gasteiger partial charge in [0.25, 0.3) is 0 Å². The van der Waals surface area contributed by atoms with Crippen LogP contribution in [0, 0.1) is 5.89 Å². The van der Waals surface area contributed by atoms with E-state index < -0.39 is 56.8 Å². The van der Waals surface area contributed by atoms with Gasteiger partial charge in [-0.3, -0.25) is 0 Å². The molecule has 0 amide bonds. The molecule has 0 bridgehead atoms. The molecule has 0 saturated carbocycles. The third-order valence-electron chi connectivity index (χ3n) is 1.29. The van der Waals surface area contributed by atoms with Crippen LogP contribution >= 0.6 is 15.9 Å². The fourth-order valence-electron chi connectivity index (χ4n) is 0.731. The van der Waals surface area contributed by atoms with Gasteiger partial charge in [-0.2, -0.15) is 0 Å². The monoisotopic (exact) mass is 269 g/mol. The quantitative estimate of drug-likeness (QED) is 0.785. The fourth-order valence-corrected chi connectivity index (χ4v) is 0.908. The standard InChI is InChI=1S/C10H14BrN3/c1-8-2-4-14(5-3-8)10-12-6-9(11)7-13-10/h6-8H,2-5H2,1H3/i1D3,2D2,3D2,4D2,5D2,6D,7D,8D. The van der Waals surface area contributed by atoms with E-state index in [1.54, 1.807) is 0 Å². The zero-order valence-corrected chi connectivity index (χ0v) is 8.31. The summed E-state index contributed by atoms with van der Waals surface area (Å²) in [7, 11) is 0. The summed E-state index contributed by atoms with van der Waals surface area (Å²) in [5.41, 5.74) is 0. The molecule has 0 aromatic carbocycles. The number of hydrogen-bond acceptors (Lipinski definition) is 3. The highest BCUT2D eigenvalue weighted by Crippen LogP contribution is 2.20.